The van der Waals surface area contributed by atoms with Gasteiger partial charge in [0.25, 0.3) is 10.0 Å². The Morgan fingerprint density at radius 3 is 2.30 bits per heavy atom. The normalized spacial score (nSPS) is 15.3. The molecule has 2 aromatic carbocycles. The largest absolute Gasteiger partial charge is 0.486 e. The molecule has 4 rings (SSSR count). The minimum Gasteiger partial charge on any atom is -0.486 e. The lowest BCUT2D eigenvalue weighted by atomic mass is 10.3. The summed E-state index contributed by atoms with van der Waals surface area (Å²) in [6, 6.07) is 9.36. The van der Waals surface area contributed by atoms with Crippen LogP contribution in [0.1, 0.15) is 0 Å². The van der Waals surface area contributed by atoms with Gasteiger partial charge in [-0.3, -0.25) is 4.72 Å². The quantitative estimate of drug-likeness (QED) is 0.923. The number of nitrogens with one attached hydrogen (secondary N) is 1. The minimum absolute atomic E-state index is 0.0967. The van der Waals surface area contributed by atoms with Crippen LogP contribution in [0.2, 0.25) is 0 Å². The van der Waals surface area contributed by atoms with E-state index in [0.29, 0.717) is 41.9 Å². The van der Waals surface area contributed by atoms with Crippen molar-refractivity contribution in [3.63, 3.8) is 0 Å². The van der Waals surface area contributed by atoms with E-state index < -0.39 is 10.0 Å². The van der Waals surface area contributed by atoms with Crippen LogP contribution in [0.3, 0.4) is 0 Å². The monoisotopic (exact) mass is 335 g/mol. The molecule has 0 saturated carbocycles. The number of sulfonamides is 1. The lowest BCUT2D eigenvalue weighted by Crippen LogP contribution is -2.17. The molecule has 7 nitrogen and oxygen atoms in total. The molecule has 2 aromatic rings. The molecule has 23 heavy (non-hydrogen) atoms. The van der Waals surface area contributed by atoms with E-state index in [2.05, 4.69) is 4.72 Å². The number of hydrogen-bond acceptors (Lipinski definition) is 6. The molecule has 0 aliphatic carbocycles. The van der Waals surface area contributed by atoms with Gasteiger partial charge in [0.05, 0.1) is 10.6 Å². The maximum Gasteiger partial charge on any atom is 0.262 e. The third kappa shape index (κ3) is 2.61. The predicted molar refractivity (Wildman–Crippen MR) is 80.8 cm³/mol. The van der Waals surface area contributed by atoms with Gasteiger partial charge in [0.2, 0.25) is 6.79 Å². The van der Waals surface area contributed by atoms with E-state index in [1.807, 2.05) is 0 Å². The second kappa shape index (κ2) is 5.24. The van der Waals surface area contributed by atoms with Gasteiger partial charge in [0.1, 0.15) is 13.2 Å². The van der Waals surface area contributed by atoms with Gasteiger partial charge in [0, 0.05) is 12.1 Å². The molecule has 0 bridgehead atoms. The van der Waals surface area contributed by atoms with E-state index >= 15 is 0 Å². The zero-order chi connectivity index (χ0) is 15.9. The number of anilines is 1. The number of fused-ring (bicyclic) bond motifs is 2. The van der Waals surface area contributed by atoms with Crippen molar-refractivity contribution < 1.29 is 27.4 Å². The van der Waals surface area contributed by atoms with Crippen molar-refractivity contribution in [1.82, 2.24) is 0 Å². The first-order valence-electron chi connectivity index (χ1n) is 6.94. The molecule has 2 aliphatic rings. The predicted octanol–water partition coefficient (Wildman–Crippen LogP) is 1.99. The van der Waals surface area contributed by atoms with Gasteiger partial charge in [-0.2, -0.15) is 0 Å². The van der Waals surface area contributed by atoms with Crippen LogP contribution in [0.15, 0.2) is 41.3 Å². The number of rotatable bonds is 3. The summed E-state index contributed by atoms with van der Waals surface area (Å²) >= 11 is 0. The SMILES string of the molecule is O=S(=O)(Nc1ccc2c(c1)OCO2)c1ccc2c(c1)OCCO2. The van der Waals surface area contributed by atoms with Crippen molar-refractivity contribution in [1.29, 1.82) is 0 Å². The Hall–Kier alpha value is -2.61. The lowest BCUT2D eigenvalue weighted by Gasteiger charge is -2.19. The van der Waals surface area contributed by atoms with Crippen LogP contribution in [0.25, 0.3) is 0 Å². The molecule has 2 heterocycles. The molecule has 2 aliphatic heterocycles. The van der Waals surface area contributed by atoms with E-state index in [0.717, 1.165) is 0 Å². The van der Waals surface area contributed by atoms with Crippen LogP contribution in [-0.2, 0) is 10.0 Å². The van der Waals surface area contributed by atoms with Gasteiger partial charge in [-0.15, -0.1) is 0 Å². The highest BCUT2D eigenvalue weighted by atomic mass is 32.2. The maximum atomic E-state index is 12.5. The van der Waals surface area contributed by atoms with E-state index in [4.69, 9.17) is 18.9 Å². The molecule has 0 aromatic heterocycles. The van der Waals surface area contributed by atoms with Crippen LogP contribution in [0, 0.1) is 0 Å². The molecular weight excluding hydrogens is 322 g/mol. The molecule has 8 heteroatoms. The highest BCUT2D eigenvalue weighted by Crippen LogP contribution is 2.36. The Balaban J connectivity index is 1.63. The van der Waals surface area contributed by atoms with Crippen molar-refractivity contribution in [2.24, 2.45) is 0 Å². The van der Waals surface area contributed by atoms with Gasteiger partial charge in [0.15, 0.2) is 23.0 Å². The van der Waals surface area contributed by atoms with Crippen molar-refractivity contribution in [3.05, 3.63) is 36.4 Å². The van der Waals surface area contributed by atoms with E-state index in [1.54, 1.807) is 24.3 Å². The number of hydrogen-bond donors (Lipinski definition) is 1. The molecule has 0 radical (unpaired) electrons. The van der Waals surface area contributed by atoms with Gasteiger partial charge in [-0.05, 0) is 24.3 Å². The number of benzene rings is 2. The third-order valence-electron chi connectivity index (χ3n) is 3.45. The molecule has 0 fully saturated rings. The summed E-state index contributed by atoms with van der Waals surface area (Å²) in [5.74, 6) is 2.06. The summed E-state index contributed by atoms with van der Waals surface area (Å²) in [5.41, 5.74) is 0.393. The summed E-state index contributed by atoms with van der Waals surface area (Å²) in [5, 5.41) is 0. The molecule has 0 amide bonds. The van der Waals surface area contributed by atoms with Crippen molar-refractivity contribution in [3.8, 4) is 23.0 Å². The highest BCUT2D eigenvalue weighted by molar-refractivity contribution is 7.92. The fraction of sp³-hybridized carbons (Fsp3) is 0.200. The Labute approximate surface area is 132 Å². The summed E-state index contributed by atoms with van der Waals surface area (Å²) in [6.07, 6.45) is 0. The van der Waals surface area contributed by atoms with Crippen LogP contribution in [-0.4, -0.2) is 28.4 Å². The average molecular weight is 335 g/mol. The average Bonchev–Trinajstić information content (AvgIpc) is 3.01. The van der Waals surface area contributed by atoms with Crippen molar-refractivity contribution >= 4 is 15.7 Å². The van der Waals surface area contributed by atoms with Crippen molar-refractivity contribution in [2.45, 2.75) is 4.90 Å². The first-order valence-corrected chi connectivity index (χ1v) is 8.42. The third-order valence-corrected chi connectivity index (χ3v) is 4.83. The Kier molecular flexibility index (Phi) is 3.19. The number of ether oxygens (including phenoxy) is 4. The maximum absolute atomic E-state index is 12.5. The zero-order valence-electron chi connectivity index (χ0n) is 11.9. The van der Waals surface area contributed by atoms with E-state index in [1.165, 1.54) is 12.1 Å². The molecule has 0 atom stereocenters. The Morgan fingerprint density at radius 1 is 0.783 bits per heavy atom. The molecule has 1 N–H and O–H groups in total. The summed E-state index contributed by atoms with van der Waals surface area (Å²) < 4.78 is 48.8. The Bertz CT molecular complexity index is 864. The topological polar surface area (TPSA) is 83.1 Å². The first-order chi connectivity index (χ1) is 11.1. The molecular formula is C15H13NO6S. The van der Waals surface area contributed by atoms with Gasteiger partial charge < -0.3 is 18.9 Å². The molecule has 0 unspecified atom stereocenters. The second-order valence-corrected chi connectivity index (χ2v) is 6.66. The fourth-order valence-electron chi connectivity index (χ4n) is 2.36. The second-order valence-electron chi connectivity index (χ2n) is 4.98. The van der Waals surface area contributed by atoms with Gasteiger partial charge >= 0.3 is 0 Å². The van der Waals surface area contributed by atoms with E-state index in [9.17, 15) is 8.42 Å². The van der Waals surface area contributed by atoms with Crippen LogP contribution in [0.4, 0.5) is 5.69 Å². The zero-order valence-corrected chi connectivity index (χ0v) is 12.8. The molecule has 0 saturated heterocycles. The first kappa shape index (κ1) is 14.0. The van der Waals surface area contributed by atoms with Gasteiger partial charge in [-0.25, -0.2) is 8.42 Å². The van der Waals surface area contributed by atoms with E-state index in [-0.39, 0.29) is 11.7 Å². The van der Waals surface area contributed by atoms with Gasteiger partial charge in [-0.1, -0.05) is 0 Å². The summed E-state index contributed by atoms with van der Waals surface area (Å²) in [6.45, 7) is 0.980. The highest BCUT2D eigenvalue weighted by Gasteiger charge is 2.21. The molecule has 120 valence electrons. The molecule has 0 spiro atoms. The Morgan fingerprint density at radius 2 is 1.43 bits per heavy atom. The summed E-state index contributed by atoms with van der Waals surface area (Å²) in [4.78, 5) is 0.0967. The standard InChI is InChI=1S/C15H13NO6S/c17-23(18,11-2-4-12-15(8-11)20-6-5-19-12)16-10-1-3-13-14(7-10)22-9-21-13/h1-4,7-8,16H,5-6,9H2. The van der Waals surface area contributed by atoms with Crippen LogP contribution < -0.4 is 23.7 Å². The van der Waals surface area contributed by atoms with Crippen molar-refractivity contribution in [2.75, 3.05) is 24.7 Å². The van der Waals surface area contributed by atoms with Crippen LogP contribution >= 0.6 is 0 Å². The van der Waals surface area contributed by atoms with Crippen LogP contribution in [0.5, 0.6) is 23.0 Å². The summed E-state index contributed by atoms with van der Waals surface area (Å²) in [7, 11) is -3.75. The minimum atomic E-state index is -3.75. The smallest absolute Gasteiger partial charge is 0.262 e. The fourth-order valence-corrected chi connectivity index (χ4v) is 3.43. The lowest BCUT2D eigenvalue weighted by molar-refractivity contribution is 0.171.